The van der Waals surface area contributed by atoms with Gasteiger partial charge in [0, 0.05) is 6.54 Å². The highest BCUT2D eigenvalue weighted by molar-refractivity contribution is 5.86. The van der Waals surface area contributed by atoms with Gasteiger partial charge in [-0.25, -0.2) is 0 Å². The summed E-state index contributed by atoms with van der Waals surface area (Å²) in [7, 11) is 0. The topological polar surface area (TPSA) is 29.1 Å². The fourth-order valence-electron chi connectivity index (χ4n) is 2.12. The van der Waals surface area contributed by atoms with E-state index in [-0.39, 0.29) is 5.91 Å². The fraction of sp³-hybridized carbons (Fsp3) is 0.824. The molecule has 2 heteroatoms. The molecule has 2 nitrogen and oxygen atoms in total. The van der Waals surface area contributed by atoms with E-state index >= 15 is 0 Å². The summed E-state index contributed by atoms with van der Waals surface area (Å²) in [6.45, 7) is 11.2. The van der Waals surface area contributed by atoms with E-state index in [1.54, 1.807) is 0 Å². The molecule has 0 aliphatic heterocycles. The molecule has 0 bridgehead atoms. The maximum absolute atomic E-state index is 10.9. The highest BCUT2D eigenvalue weighted by Gasteiger charge is 2.08. The Hall–Kier alpha value is -0.790. The normalized spacial score (nSPS) is 11.3. The molecule has 1 amide bonds. The Labute approximate surface area is 120 Å². The van der Waals surface area contributed by atoms with Crippen LogP contribution in [-0.2, 0) is 4.79 Å². The monoisotopic (exact) mass is 267 g/mol. The van der Waals surface area contributed by atoms with Gasteiger partial charge in [-0.05, 0) is 24.3 Å². The minimum absolute atomic E-state index is 0.0566. The Morgan fingerprint density at radius 3 is 1.89 bits per heavy atom. The molecule has 1 N–H and O–H groups in total. The maximum Gasteiger partial charge on any atom is 0.243 e. The van der Waals surface area contributed by atoms with Crippen LogP contribution in [0.15, 0.2) is 12.7 Å². The van der Waals surface area contributed by atoms with Crippen LogP contribution in [0.25, 0.3) is 0 Å². The molecule has 0 heterocycles. The van der Waals surface area contributed by atoms with E-state index in [1.165, 1.54) is 57.4 Å². The van der Waals surface area contributed by atoms with Gasteiger partial charge >= 0.3 is 0 Å². The Morgan fingerprint density at radius 2 is 1.42 bits per heavy atom. The second-order valence-electron chi connectivity index (χ2n) is 6.63. The molecular formula is C17H33NO. The molecule has 0 aromatic rings. The zero-order valence-electron chi connectivity index (χ0n) is 13.3. The van der Waals surface area contributed by atoms with Crippen molar-refractivity contribution in [2.45, 2.75) is 78.6 Å². The zero-order valence-corrected chi connectivity index (χ0v) is 13.3. The SMILES string of the molecule is C=CC(=O)NCCCCCCCCCCC(C)(C)C. The summed E-state index contributed by atoms with van der Waals surface area (Å²) in [4.78, 5) is 10.9. The first-order valence-corrected chi connectivity index (χ1v) is 7.86. The number of nitrogens with one attached hydrogen (secondary N) is 1. The van der Waals surface area contributed by atoms with Crippen molar-refractivity contribution in [3.05, 3.63) is 12.7 Å². The van der Waals surface area contributed by atoms with Crippen molar-refractivity contribution < 1.29 is 4.79 Å². The molecule has 0 fully saturated rings. The minimum atomic E-state index is -0.0566. The summed E-state index contributed by atoms with van der Waals surface area (Å²) in [5, 5.41) is 2.81. The van der Waals surface area contributed by atoms with Crippen LogP contribution in [0, 0.1) is 5.41 Å². The predicted molar refractivity (Wildman–Crippen MR) is 84.2 cm³/mol. The third-order valence-corrected chi connectivity index (χ3v) is 3.34. The van der Waals surface area contributed by atoms with Crippen molar-refractivity contribution >= 4 is 5.91 Å². The van der Waals surface area contributed by atoms with Gasteiger partial charge in [-0.2, -0.15) is 0 Å². The van der Waals surface area contributed by atoms with Gasteiger partial charge in [0.1, 0.15) is 0 Å². The lowest BCUT2D eigenvalue weighted by Crippen LogP contribution is -2.21. The summed E-state index contributed by atoms with van der Waals surface area (Å²) in [5.74, 6) is -0.0566. The van der Waals surface area contributed by atoms with Gasteiger partial charge in [-0.3, -0.25) is 4.79 Å². The van der Waals surface area contributed by atoms with Crippen LogP contribution in [-0.4, -0.2) is 12.5 Å². The van der Waals surface area contributed by atoms with Gasteiger partial charge in [0.2, 0.25) is 5.91 Å². The number of hydrogen-bond donors (Lipinski definition) is 1. The van der Waals surface area contributed by atoms with Gasteiger partial charge in [-0.1, -0.05) is 72.3 Å². The summed E-state index contributed by atoms with van der Waals surface area (Å²) < 4.78 is 0. The molecule has 0 aromatic heterocycles. The minimum Gasteiger partial charge on any atom is -0.353 e. The summed E-state index contributed by atoms with van der Waals surface area (Å²) in [6, 6.07) is 0. The number of hydrogen-bond acceptors (Lipinski definition) is 1. The van der Waals surface area contributed by atoms with E-state index in [1.807, 2.05) is 0 Å². The summed E-state index contributed by atoms with van der Waals surface area (Å²) in [5.41, 5.74) is 0.496. The lowest BCUT2D eigenvalue weighted by Gasteiger charge is -2.17. The largest absolute Gasteiger partial charge is 0.353 e. The second kappa shape index (κ2) is 11.1. The Morgan fingerprint density at radius 1 is 0.947 bits per heavy atom. The van der Waals surface area contributed by atoms with Crippen LogP contribution >= 0.6 is 0 Å². The molecule has 0 aliphatic rings. The Bertz CT molecular complexity index is 240. The molecule has 0 saturated heterocycles. The highest BCUT2D eigenvalue weighted by Crippen LogP contribution is 2.22. The van der Waals surface area contributed by atoms with E-state index in [0.717, 1.165) is 13.0 Å². The van der Waals surface area contributed by atoms with Gasteiger partial charge in [0.25, 0.3) is 0 Å². The zero-order chi connectivity index (χ0) is 14.6. The molecule has 0 radical (unpaired) electrons. The molecule has 0 rings (SSSR count). The number of carbonyl (C=O) groups is 1. The fourth-order valence-corrected chi connectivity index (χ4v) is 2.12. The van der Waals surface area contributed by atoms with Crippen molar-refractivity contribution in [3.8, 4) is 0 Å². The van der Waals surface area contributed by atoms with Crippen LogP contribution in [0.2, 0.25) is 0 Å². The Balaban J connectivity index is 3.11. The van der Waals surface area contributed by atoms with E-state index in [2.05, 4.69) is 32.7 Å². The lowest BCUT2D eigenvalue weighted by molar-refractivity contribution is -0.116. The van der Waals surface area contributed by atoms with Crippen molar-refractivity contribution in [2.24, 2.45) is 5.41 Å². The van der Waals surface area contributed by atoms with E-state index in [0.29, 0.717) is 5.41 Å². The lowest BCUT2D eigenvalue weighted by atomic mass is 9.89. The predicted octanol–water partition coefficient (Wildman–Crippen LogP) is 4.85. The molecule has 112 valence electrons. The molecule has 0 atom stereocenters. The average Bonchev–Trinajstić information content (AvgIpc) is 2.34. The molecule has 0 unspecified atom stereocenters. The van der Waals surface area contributed by atoms with Gasteiger partial charge in [0.05, 0.1) is 0 Å². The van der Waals surface area contributed by atoms with E-state index in [4.69, 9.17) is 0 Å². The van der Waals surface area contributed by atoms with Crippen molar-refractivity contribution in [1.82, 2.24) is 5.32 Å². The van der Waals surface area contributed by atoms with Crippen LogP contribution < -0.4 is 5.32 Å². The second-order valence-corrected chi connectivity index (χ2v) is 6.63. The third kappa shape index (κ3) is 15.2. The average molecular weight is 267 g/mol. The smallest absolute Gasteiger partial charge is 0.243 e. The molecule has 0 saturated carbocycles. The van der Waals surface area contributed by atoms with Crippen LogP contribution in [0.4, 0.5) is 0 Å². The summed E-state index contributed by atoms with van der Waals surface area (Å²) in [6.07, 6.45) is 13.1. The van der Waals surface area contributed by atoms with Gasteiger partial charge < -0.3 is 5.32 Å². The third-order valence-electron chi connectivity index (χ3n) is 3.34. The molecule has 19 heavy (non-hydrogen) atoms. The Kier molecular flexibility index (Phi) is 10.6. The number of rotatable bonds is 11. The summed E-state index contributed by atoms with van der Waals surface area (Å²) >= 11 is 0. The van der Waals surface area contributed by atoms with Gasteiger partial charge in [0.15, 0.2) is 0 Å². The van der Waals surface area contributed by atoms with Crippen LogP contribution in [0.5, 0.6) is 0 Å². The standard InChI is InChI=1S/C17H33NO/c1-5-16(19)18-15-13-11-9-7-6-8-10-12-14-17(2,3)4/h5H,1,6-15H2,2-4H3,(H,18,19). The molecule has 0 aromatic carbocycles. The van der Waals surface area contributed by atoms with E-state index in [9.17, 15) is 4.79 Å². The highest BCUT2D eigenvalue weighted by atomic mass is 16.1. The maximum atomic E-state index is 10.9. The van der Waals surface area contributed by atoms with Crippen molar-refractivity contribution in [2.75, 3.05) is 6.54 Å². The van der Waals surface area contributed by atoms with Crippen molar-refractivity contribution in [1.29, 1.82) is 0 Å². The first kappa shape index (κ1) is 18.2. The quantitative estimate of drug-likeness (QED) is 0.421. The first-order valence-electron chi connectivity index (χ1n) is 7.86. The molecular weight excluding hydrogens is 234 g/mol. The van der Waals surface area contributed by atoms with Crippen LogP contribution in [0.1, 0.15) is 78.6 Å². The first-order chi connectivity index (χ1) is 8.95. The molecule has 0 spiro atoms. The number of carbonyl (C=O) groups excluding carboxylic acids is 1. The van der Waals surface area contributed by atoms with Crippen LogP contribution in [0.3, 0.4) is 0 Å². The van der Waals surface area contributed by atoms with Gasteiger partial charge in [-0.15, -0.1) is 0 Å². The number of amides is 1. The molecule has 0 aliphatic carbocycles. The van der Waals surface area contributed by atoms with Crippen molar-refractivity contribution in [3.63, 3.8) is 0 Å². The number of unbranched alkanes of at least 4 members (excludes halogenated alkanes) is 7. The van der Waals surface area contributed by atoms with E-state index < -0.39 is 0 Å².